The minimum Gasteiger partial charge on any atom is -0.492 e. The van der Waals surface area contributed by atoms with E-state index >= 15 is 0 Å². The predicted molar refractivity (Wildman–Crippen MR) is 107 cm³/mol. The number of hydrogen-bond donors (Lipinski definition) is 2. The number of carbonyl (C=O) groups is 1. The van der Waals surface area contributed by atoms with Crippen LogP contribution in [0.2, 0.25) is 0 Å². The normalized spacial score (nSPS) is 20.8. The fraction of sp³-hybridized carbons (Fsp3) is 0.364. The molecular weight excluding hydrogens is 452 g/mol. The Kier molecular flexibility index (Phi) is 6.88. The van der Waals surface area contributed by atoms with Crippen molar-refractivity contribution in [3.63, 3.8) is 0 Å². The lowest BCUT2D eigenvalue weighted by Crippen LogP contribution is -2.44. The summed E-state index contributed by atoms with van der Waals surface area (Å²) in [5.41, 5.74) is -1.55. The molecule has 0 saturated carbocycles. The Morgan fingerprint density at radius 3 is 2.36 bits per heavy atom. The summed E-state index contributed by atoms with van der Waals surface area (Å²) in [4.78, 5) is 11.0. The second-order valence-corrected chi connectivity index (χ2v) is 7.66. The van der Waals surface area contributed by atoms with E-state index in [0.717, 1.165) is 12.1 Å². The summed E-state index contributed by atoms with van der Waals surface area (Å²) in [7, 11) is 0. The number of hydrogen-bond acceptors (Lipinski definition) is 4. The Bertz CT molecular complexity index is 1040. The van der Waals surface area contributed by atoms with Crippen molar-refractivity contribution in [2.75, 3.05) is 11.9 Å². The van der Waals surface area contributed by atoms with Crippen LogP contribution in [0.3, 0.4) is 0 Å². The molecule has 1 amide bonds. The fourth-order valence-corrected chi connectivity index (χ4v) is 3.81. The van der Waals surface area contributed by atoms with Crippen LogP contribution in [0.5, 0.6) is 5.75 Å². The summed E-state index contributed by atoms with van der Waals surface area (Å²) in [5.74, 6) is -1.19. The zero-order valence-electron chi connectivity index (χ0n) is 17.2. The van der Waals surface area contributed by atoms with Gasteiger partial charge in [0, 0.05) is 24.6 Å². The minimum atomic E-state index is -4.87. The van der Waals surface area contributed by atoms with E-state index in [1.165, 1.54) is 25.1 Å². The summed E-state index contributed by atoms with van der Waals surface area (Å²) in [6.45, 7) is 1.19. The van der Waals surface area contributed by atoms with Gasteiger partial charge in [0.25, 0.3) is 0 Å². The lowest BCUT2D eigenvalue weighted by molar-refractivity contribution is -0.156. The first-order chi connectivity index (χ1) is 15.4. The van der Waals surface area contributed by atoms with Gasteiger partial charge in [-0.2, -0.15) is 31.6 Å². The highest BCUT2D eigenvalue weighted by molar-refractivity contribution is 5.88. The molecular formula is C22H19F6N3O2. The third-order valence-corrected chi connectivity index (χ3v) is 5.23. The number of alkyl halides is 6. The van der Waals surface area contributed by atoms with Gasteiger partial charge in [-0.25, -0.2) is 0 Å². The smallest absolute Gasteiger partial charge is 0.417 e. The van der Waals surface area contributed by atoms with Gasteiger partial charge >= 0.3 is 12.4 Å². The number of carbonyl (C=O) groups excluding carboxylic acids is 1. The van der Waals surface area contributed by atoms with Crippen LogP contribution in [-0.4, -0.2) is 30.8 Å². The number of anilines is 1. The molecule has 1 fully saturated rings. The van der Waals surface area contributed by atoms with Crippen LogP contribution in [0, 0.1) is 11.3 Å². The molecule has 3 atom stereocenters. The summed E-state index contributed by atoms with van der Waals surface area (Å²) in [5, 5.41) is 13.9. The molecule has 0 bridgehead atoms. The van der Waals surface area contributed by atoms with Gasteiger partial charge in [-0.1, -0.05) is 6.07 Å². The molecule has 0 aliphatic carbocycles. The van der Waals surface area contributed by atoms with Crippen LogP contribution in [0.15, 0.2) is 42.5 Å². The highest BCUT2D eigenvalue weighted by atomic mass is 19.4. The van der Waals surface area contributed by atoms with Gasteiger partial charge in [0.1, 0.15) is 18.4 Å². The van der Waals surface area contributed by atoms with Crippen molar-refractivity contribution in [2.24, 2.45) is 0 Å². The van der Waals surface area contributed by atoms with Gasteiger partial charge in [0.05, 0.1) is 17.2 Å². The number of nitriles is 1. The Labute approximate surface area is 185 Å². The largest absolute Gasteiger partial charge is 0.492 e. The molecule has 2 aromatic carbocycles. The number of rotatable bonds is 5. The van der Waals surface area contributed by atoms with E-state index in [-0.39, 0.29) is 24.5 Å². The Morgan fingerprint density at radius 1 is 1.15 bits per heavy atom. The van der Waals surface area contributed by atoms with E-state index in [2.05, 4.69) is 10.6 Å². The van der Waals surface area contributed by atoms with Crippen molar-refractivity contribution in [3.05, 3.63) is 59.2 Å². The van der Waals surface area contributed by atoms with Gasteiger partial charge in [-0.05, 0) is 48.4 Å². The van der Waals surface area contributed by atoms with Gasteiger partial charge < -0.3 is 10.1 Å². The van der Waals surface area contributed by atoms with Crippen molar-refractivity contribution < 1.29 is 35.9 Å². The maximum absolute atomic E-state index is 13.6. The van der Waals surface area contributed by atoms with Crippen LogP contribution < -0.4 is 15.4 Å². The average Bonchev–Trinajstić information content (AvgIpc) is 3.17. The predicted octanol–water partition coefficient (Wildman–Crippen LogP) is 4.99. The van der Waals surface area contributed by atoms with Crippen molar-refractivity contribution in [2.45, 2.75) is 43.7 Å². The van der Waals surface area contributed by atoms with Crippen LogP contribution in [-0.2, 0) is 11.0 Å². The molecule has 2 aromatic rings. The molecule has 33 heavy (non-hydrogen) atoms. The van der Waals surface area contributed by atoms with Crippen LogP contribution in [0.1, 0.15) is 36.0 Å². The number of nitrogens with one attached hydrogen (secondary N) is 2. The van der Waals surface area contributed by atoms with Gasteiger partial charge in [-0.3, -0.25) is 10.1 Å². The van der Waals surface area contributed by atoms with E-state index in [9.17, 15) is 31.1 Å². The molecule has 176 valence electrons. The monoisotopic (exact) mass is 471 g/mol. The van der Waals surface area contributed by atoms with Crippen LogP contribution in [0.25, 0.3) is 0 Å². The van der Waals surface area contributed by atoms with E-state index in [1.807, 2.05) is 0 Å². The Hall–Kier alpha value is -3.26. The highest BCUT2D eigenvalue weighted by Gasteiger charge is 2.51. The summed E-state index contributed by atoms with van der Waals surface area (Å²) in [6, 6.07) is 7.42. The fourth-order valence-electron chi connectivity index (χ4n) is 3.81. The number of benzene rings is 2. The Morgan fingerprint density at radius 2 is 1.82 bits per heavy atom. The van der Waals surface area contributed by atoms with Crippen molar-refractivity contribution in [1.82, 2.24) is 5.32 Å². The SMILES string of the molecule is CC(=O)Nc1ccc(OCC2CC(c3ccc(C#N)c(C(F)(F)F)c3)C(C(F)(F)F)N2)cc1. The molecule has 0 aromatic heterocycles. The number of amides is 1. The molecule has 5 nitrogen and oxygen atoms in total. The molecule has 3 unspecified atom stereocenters. The molecule has 11 heteroatoms. The van der Waals surface area contributed by atoms with Crippen molar-refractivity contribution in [3.8, 4) is 11.8 Å². The maximum Gasteiger partial charge on any atom is 0.417 e. The van der Waals surface area contributed by atoms with Gasteiger partial charge in [0.2, 0.25) is 5.91 Å². The van der Waals surface area contributed by atoms with E-state index < -0.39 is 41.5 Å². The lowest BCUT2D eigenvalue weighted by atomic mass is 9.88. The molecule has 1 saturated heterocycles. The summed E-state index contributed by atoms with van der Waals surface area (Å²) < 4.78 is 86.3. The first-order valence-corrected chi connectivity index (χ1v) is 9.83. The third-order valence-electron chi connectivity index (χ3n) is 5.23. The molecule has 1 aliphatic rings. The second-order valence-electron chi connectivity index (χ2n) is 7.66. The number of ether oxygens (including phenoxy) is 1. The lowest BCUT2D eigenvalue weighted by Gasteiger charge is -2.23. The first-order valence-electron chi connectivity index (χ1n) is 9.83. The zero-order valence-corrected chi connectivity index (χ0v) is 17.2. The second kappa shape index (κ2) is 9.31. The Balaban J connectivity index is 1.77. The molecule has 1 aliphatic heterocycles. The van der Waals surface area contributed by atoms with Gasteiger partial charge in [-0.15, -0.1) is 0 Å². The number of halogens is 6. The van der Waals surface area contributed by atoms with Crippen molar-refractivity contribution in [1.29, 1.82) is 5.26 Å². The molecule has 0 spiro atoms. The van der Waals surface area contributed by atoms with E-state index in [1.54, 1.807) is 12.1 Å². The molecule has 1 heterocycles. The summed E-state index contributed by atoms with van der Waals surface area (Å²) in [6.07, 6.45) is -9.68. The average molecular weight is 471 g/mol. The highest BCUT2D eigenvalue weighted by Crippen LogP contribution is 2.42. The first kappa shape index (κ1) is 24.4. The number of nitrogens with zero attached hydrogens (tertiary/aromatic N) is 1. The van der Waals surface area contributed by atoms with E-state index in [0.29, 0.717) is 17.5 Å². The third kappa shape index (κ3) is 5.96. The van der Waals surface area contributed by atoms with Crippen LogP contribution in [0.4, 0.5) is 32.0 Å². The molecule has 0 radical (unpaired) electrons. The quantitative estimate of drug-likeness (QED) is 0.603. The zero-order chi connectivity index (χ0) is 24.4. The standard InChI is InChI=1S/C22H19F6N3O2/c1-12(32)30-15-4-6-17(7-5-15)33-11-16-9-18(20(31-16)22(26,27)28)13-2-3-14(10-29)19(8-13)21(23,24)25/h2-8,16,18,20,31H,9,11H2,1H3,(H,30,32). The minimum absolute atomic E-state index is 0.114. The molecule has 2 N–H and O–H groups in total. The topological polar surface area (TPSA) is 74.1 Å². The van der Waals surface area contributed by atoms with Gasteiger partial charge in [0.15, 0.2) is 0 Å². The summed E-state index contributed by atoms with van der Waals surface area (Å²) >= 11 is 0. The van der Waals surface area contributed by atoms with Crippen molar-refractivity contribution >= 4 is 11.6 Å². The van der Waals surface area contributed by atoms with E-state index in [4.69, 9.17) is 10.00 Å². The maximum atomic E-state index is 13.6. The molecule has 3 rings (SSSR count). The van der Waals surface area contributed by atoms with Crippen LogP contribution >= 0.6 is 0 Å².